The van der Waals surface area contributed by atoms with Crippen LogP contribution in [0.2, 0.25) is 0 Å². The average Bonchev–Trinajstić information content (AvgIpc) is 2.13. The maximum atomic E-state index is 11.6. The van der Waals surface area contributed by atoms with E-state index in [1.807, 2.05) is 33.0 Å². The minimum absolute atomic E-state index is 0.00425. The van der Waals surface area contributed by atoms with Crippen molar-refractivity contribution in [2.75, 3.05) is 34.2 Å². The van der Waals surface area contributed by atoms with Crippen LogP contribution in [0.15, 0.2) is 0 Å². The number of likely N-dealkylation sites (N-methyl/N-ethyl adjacent to an activating group) is 1. The Kier molecular flexibility index (Phi) is 7.42. The molecule has 1 unspecified atom stereocenters. The molecule has 0 saturated heterocycles. The minimum Gasteiger partial charge on any atom is -0.355 e. The molecule has 0 radical (unpaired) electrons. The van der Waals surface area contributed by atoms with Crippen LogP contribution in [-0.4, -0.2) is 51.1 Å². The lowest BCUT2D eigenvalue weighted by molar-refractivity contribution is -0.125. The van der Waals surface area contributed by atoms with Crippen LogP contribution in [0, 0.1) is 0 Å². The molecule has 4 heteroatoms. The zero-order valence-corrected chi connectivity index (χ0v) is 9.76. The fraction of sp³-hybridized carbons (Fsp3) is 0.900. The summed E-state index contributed by atoms with van der Waals surface area (Å²) in [6.45, 7) is 3.72. The predicted molar refractivity (Wildman–Crippen MR) is 59.3 cm³/mol. The van der Waals surface area contributed by atoms with Crippen LogP contribution < -0.4 is 10.6 Å². The Morgan fingerprint density at radius 2 is 2.00 bits per heavy atom. The van der Waals surface area contributed by atoms with E-state index in [-0.39, 0.29) is 11.9 Å². The summed E-state index contributed by atoms with van der Waals surface area (Å²) in [5.74, 6) is 0.133. The number of nitrogens with one attached hydrogen (secondary N) is 2. The Morgan fingerprint density at radius 1 is 1.36 bits per heavy atom. The van der Waals surface area contributed by atoms with Gasteiger partial charge in [0.2, 0.25) is 5.91 Å². The van der Waals surface area contributed by atoms with Gasteiger partial charge in [-0.2, -0.15) is 0 Å². The third kappa shape index (κ3) is 5.19. The van der Waals surface area contributed by atoms with Crippen LogP contribution in [-0.2, 0) is 4.79 Å². The molecule has 14 heavy (non-hydrogen) atoms. The maximum Gasteiger partial charge on any atom is 0.237 e. The SMILES string of the molecule is CCC(C(=O)NCCCNC)N(C)C. The molecule has 0 aromatic carbocycles. The van der Waals surface area contributed by atoms with E-state index in [9.17, 15) is 4.79 Å². The molecule has 1 atom stereocenters. The van der Waals surface area contributed by atoms with Gasteiger partial charge >= 0.3 is 0 Å². The van der Waals surface area contributed by atoms with Crippen LogP contribution in [0.1, 0.15) is 19.8 Å². The Bertz CT molecular complexity index is 159. The van der Waals surface area contributed by atoms with Crippen molar-refractivity contribution >= 4 is 5.91 Å². The molecule has 84 valence electrons. The Morgan fingerprint density at radius 3 is 2.43 bits per heavy atom. The summed E-state index contributed by atoms with van der Waals surface area (Å²) in [5.41, 5.74) is 0. The van der Waals surface area contributed by atoms with Crippen molar-refractivity contribution < 1.29 is 4.79 Å². The van der Waals surface area contributed by atoms with E-state index in [4.69, 9.17) is 0 Å². The molecule has 0 spiro atoms. The van der Waals surface area contributed by atoms with Gasteiger partial charge in [-0.05, 0) is 40.5 Å². The normalized spacial score (nSPS) is 12.9. The second kappa shape index (κ2) is 7.76. The molecule has 0 saturated carbocycles. The fourth-order valence-electron chi connectivity index (χ4n) is 1.38. The number of hydrogen-bond donors (Lipinski definition) is 2. The van der Waals surface area contributed by atoms with Gasteiger partial charge in [0, 0.05) is 6.54 Å². The highest BCUT2D eigenvalue weighted by atomic mass is 16.2. The molecule has 0 aromatic heterocycles. The average molecular weight is 201 g/mol. The highest BCUT2D eigenvalue weighted by Gasteiger charge is 2.17. The van der Waals surface area contributed by atoms with Crippen LogP contribution >= 0.6 is 0 Å². The number of rotatable bonds is 7. The third-order valence-electron chi connectivity index (χ3n) is 2.22. The molecule has 1 amide bonds. The van der Waals surface area contributed by atoms with E-state index in [1.54, 1.807) is 0 Å². The lowest BCUT2D eigenvalue weighted by Crippen LogP contribution is -2.43. The highest BCUT2D eigenvalue weighted by molar-refractivity contribution is 5.81. The van der Waals surface area contributed by atoms with Crippen LogP contribution in [0.4, 0.5) is 0 Å². The second-order valence-electron chi connectivity index (χ2n) is 3.64. The molecule has 2 N–H and O–H groups in total. The van der Waals surface area contributed by atoms with E-state index >= 15 is 0 Å². The maximum absolute atomic E-state index is 11.6. The first kappa shape index (κ1) is 13.4. The Hall–Kier alpha value is -0.610. The summed E-state index contributed by atoms with van der Waals surface area (Å²) >= 11 is 0. The van der Waals surface area contributed by atoms with Crippen LogP contribution in [0.5, 0.6) is 0 Å². The molecule has 0 aliphatic rings. The second-order valence-corrected chi connectivity index (χ2v) is 3.64. The topological polar surface area (TPSA) is 44.4 Å². The first-order chi connectivity index (χ1) is 6.63. The predicted octanol–water partition coefficient (Wildman–Crippen LogP) is 0.0523. The van der Waals surface area contributed by atoms with Gasteiger partial charge in [-0.15, -0.1) is 0 Å². The van der Waals surface area contributed by atoms with Crippen molar-refractivity contribution in [3.8, 4) is 0 Å². The standard InChI is InChI=1S/C10H23N3O/c1-5-9(13(3)4)10(14)12-8-6-7-11-2/h9,11H,5-8H2,1-4H3,(H,12,14). The molecule has 0 fully saturated rings. The summed E-state index contributed by atoms with van der Waals surface area (Å²) in [7, 11) is 5.78. The smallest absolute Gasteiger partial charge is 0.237 e. The minimum atomic E-state index is 0.00425. The lowest BCUT2D eigenvalue weighted by atomic mass is 10.2. The van der Waals surface area contributed by atoms with Gasteiger partial charge in [0.1, 0.15) is 0 Å². The van der Waals surface area contributed by atoms with Gasteiger partial charge in [-0.3, -0.25) is 9.69 Å². The van der Waals surface area contributed by atoms with Crippen molar-refractivity contribution in [2.24, 2.45) is 0 Å². The Labute approximate surface area is 87.0 Å². The van der Waals surface area contributed by atoms with E-state index < -0.39 is 0 Å². The van der Waals surface area contributed by atoms with Crippen molar-refractivity contribution in [1.29, 1.82) is 0 Å². The largest absolute Gasteiger partial charge is 0.355 e. The van der Waals surface area contributed by atoms with Gasteiger partial charge < -0.3 is 10.6 Å². The van der Waals surface area contributed by atoms with Crippen molar-refractivity contribution in [3.05, 3.63) is 0 Å². The number of carbonyl (C=O) groups excluding carboxylic acids is 1. The highest BCUT2D eigenvalue weighted by Crippen LogP contribution is 1.98. The lowest BCUT2D eigenvalue weighted by Gasteiger charge is -2.21. The molecule has 0 aliphatic heterocycles. The van der Waals surface area contributed by atoms with Crippen molar-refractivity contribution in [1.82, 2.24) is 15.5 Å². The van der Waals surface area contributed by atoms with E-state index in [1.165, 1.54) is 0 Å². The monoisotopic (exact) mass is 201 g/mol. The molecular weight excluding hydrogens is 178 g/mol. The van der Waals surface area contributed by atoms with Crippen LogP contribution in [0.3, 0.4) is 0 Å². The zero-order valence-electron chi connectivity index (χ0n) is 9.76. The number of nitrogens with zero attached hydrogens (tertiary/aromatic N) is 1. The fourth-order valence-corrected chi connectivity index (χ4v) is 1.38. The summed E-state index contributed by atoms with van der Waals surface area (Å²) in [4.78, 5) is 13.6. The third-order valence-corrected chi connectivity index (χ3v) is 2.22. The van der Waals surface area contributed by atoms with Gasteiger partial charge in [-0.1, -0.05) is 6.92 Å². The summed E-state index contributed by atoms with van der Waals surface area (Å²) in [6, 6.07) is 0.00425. The van der Waals surface area contributed by atoms with E-state index in [2.05, 4.69) is 10.6 Å². The van der Waals surface area contributed by atoms with Gasteiger partial charge in [-0.25, -0.2) is 0 Å². The van der Waals surface area contributed by atoms with Crippen molar-refractivity contribution in [2.45, 2.75) is 25.8 Å². The molecule has 0 heterocycles. The first-order valence-corrected chi connectivity index (χ1v) is 5.22. The van der Waals surface area contributed by atoms with Crippen LogP contribution in [0.25, 0.3) is 0 Å². The summed E-state index contributed by atoms with van der Waals surface area (Å²) in [6.07, 6.45) is 1.83. The molecule has 0 rings (SSSR count). The summed E-state index contributed by atoms with van der Waals surface area (Å²) < 4.78 is 0. The first-order valence-electron chi connectivity index (χ1n) is 5.22. The van der Waals surface area contributed by atoms with Gasteiger partial charge in [0.15, 0.2) is 0 Å². The summed E-state index contributed by atoms with van der Waals surface area (Å²) in [5, 5.41) is 5.97. The van der Waals surface area contributed by atoms with Gasteiger partial charge in [0.05, 0.1) is 6.04 Å². The zero-order chi connectivity index (χ0) is 11.0. The molecule has 0 bridgehead atoms. The molecule has 0 aromatic rings. The van der Waals surface area contributed by atoms with E-state index in [0.29, 0.717) is 0 Å². The molecular formula is C10H23N3O. The molecule has 0 aliphatic carbocycles. The Balaban J connectivity index is 3.70. The number of amides is 1. The van der Waals surface area contributed by atoms with Crippen molar-refractivity contribution in [3.63, 3.8) is 0 Å². The number of carbonyl (C=O) groups is 1. The number of hydrogen-bond acceptors (Lipinski definition) is 3. The van der Waals surface area contributed by atoms with Gasteiger partial charge in [0.25, 0.3) is 0 Å². The molecule has 4 nitrogen and oxygen atoms in total. The quantitative estimate of drug-likeness (QED) is 0.572. The van der Waals surface area contributed by atoms with E-state index in [0.717, 1.165) is 25.9 Å².